The van der Waals surface area contributed by atoms with Gasteiger partial charge in [-0.1, -0.05) is 12.1 Å². The summed E-state index contributed by atoms with van der Waals surface area (Å²) < 4.78 is 11.1. The predicted molar refractivity (Wildman–Crippen MR) is 97.9 cm³/mol. The van der Waals surface area contributed by atoms with Gasteiger partial charge in [-0.05, 0) is 19.9 Å². The van der Waals surface area contributed by atoms with Crippen LogP contribution in [0.25, 0.3) is 0 Å². The minimum Gasteiger partial charge on any atom is -0.493 e. The van der Waals surface area contributed by atoms with Gasteiger partial charge in [0.05, 0.1) is 14.2 Å². The maximum atomic E-state index is 5.49. The first-order chi connectivity index (χ1) is 11.0. The van der Waals surface area contributed by atoms with Crippen molar-refractivity contribution in [3.63, 3.8) is 0 Å². The zero-order chi connectivity index (χ0) is 16.9. The molecule has 23 heavy (non-hydrogen) atoms. The number of rotatable bonds is 4. The number of aliphatic imine (C=N–C) groups is 1. The standard InChI is InChI=1S/C17H27N3O2S/c1-17(2)12-20(9-10-23-17)16(18-3)19-11-13-7-6-8-14(21-4)15(13)22-5/h6-8H,9-12H2,1-5H3,(H,18,19). The third-order valence-electron chi connectivity index (χ3n) is 3.86. The highest BCUT2D eigenvalue weighted by atomic mass is 32.2. The van der Waals surface area contributed by atoms with E-state index in [0.717, 1.165) is 41.9 Å². The zero-order valence-electron chi connectivity index (χ0n) is 14.7. The second kappa shape index (κ2) is 7.81. The first kappa shape index (κ1) is 17.8. The van der Waals surface area contributed by atoms with Crippen LogP contribution in [0.4, 0.5) is 0 Å². The van der Waals surface area contributed by atoms with Crippen molar-refractivity contribution in [3.8, 4) is 11.5 Å². The Labute approximate surface area is 143 Å². The van der Waals surface area contributed by atoms with E-state index in [4.69, 9.17) is 9.47 Å². The SMILES string of the molecule is CN=C(NCc1cccc(OC)c1OC)N1CCSC(C)(C)C1. The lowest BCUT2D eigenvalue weighted by Crippen LogP contribution is -2.50. The van der Waals surface area contributed by atoms with Crippen LogP contribution in [0.5, 0.6) is 11.5 Å². The Morgan fingerprint density at radius 2 is 2.13 bits per heavy atom. The average molecular weight is 337 g/mol. The van der Waals surface area contributed by atoms with Gasteiger partial charge >= 0.3 is 0 Å². The molecule has 1 saturated heterocycles. The molecule has 0 radical (unpaired) electrons. The number of ether oxygens (including phenoxy) is 2. The van der Waals surface area contributed by atoms with E-state index < -0.39 is 0 Å². The summed E-state index contributed by atoms with van der Waals surface area (Å²) in [4.78, 5) is 6.76. The van der Waals surface area contributed by atoms with Crippen LogP contribution in [0.3, 0.4) is 0 Å². The fourth-order valence-corrected chi connectivity index (χ4v) is 3.91. The number of nitrogens with zero attached hydrogens (tertiary/aromatic N) is 2. The van der Waals surface area contributed by atoms with Crippen molar-refractivity contribution in [2.45, 2.75) is 25.1 Å². The highest BCUT2D eigenvalue weighted by Crippen LogP contribution is 2.31. The summed E-state index contributed by atoms with van der Waals surface area (Å²) in [7, 11) is 5.15. The number of thioether (sulfide) groups is 1. The van der Waals surface area contributed by atoms with E-state index >= 15 is 0 Å². The number of hydrogen-bond acceptors (Lipinski definition) is 4. The van der Waals surface area contributed by atoms with Crippen LogP contribution in [-0.4, -0.2) is 55.7 Å². The zero-order valence-corrected chi connectivity index (χ0v) is 15.5. The Morgan fingerprint density at radius 3 is 2.74 bits per heavy atom. The van der Waals surface area contributed by atoms with Crippen LogP contribution in [0.15, 0.2) is 23.2 Å². The van der Waals surface area contributed by atoms with E-state index in [9.17, 15) is 0 Å². The van der Waals surface area contributed by atoms with Crippen molar-refractivity contribution in [1.82, 2.24) is 10.2 Å². The lowest BCUT2D eigenvalue weighted by atomic mass is 10.1. The largest absolute Gasteiger partial charge is 0.493 e. The van der Waals surface area contributed by atoms with E-state index in [0.29, 0.717) is 6.54 Å². The molecule has 1 aromatic carbocycles. The third-order valence-corrected chi connectivity index (χ3v) is 5.16. The van der Waals surface area contributed by atoms with Gasteiger partial charge in [0, 0.05) is 42.7 Å². The summed E-state index contributed by atoms with van der Waals surface area (Å²) in [6, 6.07) is 5.92. The normalized spacial score (nSPS) is 17.8. The molecule has 0 amide bonds. The van der Waals surface area contributed by atoms with Crippen LogP contribution in [0.2, 0.25) is 0 Å². The maximum absolute atomic E-state index is 5.49. The third kappa shape index (κ3) is 4.47. The van der Waals surface area contributed by atoms with Crippen LogP contribution in [0, 0.1) is 0 Å². The minimum atomic E-state index is 0.253. The molecule has 1 aliphatic heterocycles. The lowest BCUT2D eigenvalue weighted by molar-refractivity contribution is 0.350. The molecule has 1 aliphatic rings. The fourth-order valence-electron chi connectivity index (χ4n) is 2.80. The number of guanidine groups is 1. The Bertz CT molecular complexity index is 561. The van der Waals surface area contributed by atoms with Crippen molar-refractivity contribution in [2.24, 2.45) is 4.99 Å². The second-order valence-corrected chi connectivity index (χ2v) is 7.89. The first-order valence-corrected chi connectivity index (χ1v) is 8.78. The number of hydrogen-bond donors (Lipinski definition) is 1. The Balaban J connectivity index is 2.07. The number of methoxy groups -OCH3 is 2. The van der Waals surface area contributed by atoms with Crippen molar-refractivity contribution in [2.75, 3.05) is 40.1 Å². The molecule has 0 atom stereocenters. The van der Waals surface area contributed by atoms with Gasteiger partial charge in [0.15, 0.2) is 17.5 Å². The van der Waals surface area contributed by atoms with Gasteiger partial charge in [-0.25, -0.2) is 0 Å². The summed E-state index contributed by atoms with van der Waals surface area (Å²) in [6.07, 6.45) is 0. The summed E-state index contributed by atoms with van der Waals surface area (Å²) in [6.45, 7) is 7.22. The van der Waals surface area contributed by atoms with Crippen molar-refractivity contribution in [3.05, 3.63) is 23.8 Å². The summed E-state index contributed by atoms with van der Waals surface area (Å²) >= 11 is 2.02. The van der Waals surface area contributed by atoms with Crippen molar-refractivity contribution >= 4 is 17.7 Å². The molecule has 0 saturated carbocycles. The Hall–Kier alpha value is -1.56. The van der Waals surface area contributed by atoms with E-state index in [1.807, 2.05) is 37.0 Å². The molecule has 1 aromatic rings. The average Bonchev–Trinajstić information content (AvgIpc) is 2.54. The molecular formula is C17H27N3O2S. The highest BCUT2D eigenvalue weighted by Gasteiger charge is 2.28. The second-order valence-electron chi connectivity index (χ2n) is 6.08. The summed E-state index contributed by atoms with van der Waals surface area (Å²) in [5, 5.41) is 3.45. The quantitative estimate of drug-likeness (QED) is 0.676. The van der Waals surface area contributed by atoms with Gasteiger partial charge in [-0.15, -0.1) is 0 Å². The van der Waals surface area contributed by atoms with E-state index in [1.165, 1.54) is 0 Å². The molecule has 5 nitrogen and oxygen atoms in total. The Kier molecular flexibility index (Phi) is 6.04. The molecule has 0 spiro atoms. The monoisotopic (exact) mass is 337 g/mol. The van der Waals surface area contributed by atoms with Gasteiger partial charge in [-0.2, -0.15) is 11.8 Å². The van der Waals surface area contributed by atoms with Crippen LogP contribution in [-0.2, 0) is 6.54 Å². The lowest BCUT2D eigenvalue weighted by Gasteiger charge is -2.39. The molecule has 2 rings (SSSR count). The summed E-state index contributed by atoms with van der Waals surface area (Å²) in [5.41, 5.74) is 1.05. The molecule has 0 unspecified atom stereocenters. The smallest absolute Gasteiger partial charge is 0.193 e. The van der Waals surface area contributed by atoms with E-state index in [-0.39, 0.29) is 4.75 Å². The van der Waals surface area contributed by atoms with Gasteiger partial charge in [-0.3, -0.25) is 4.99 Å². The van der Waals surface area contributed by atoms with Crippen molar-refractivity contribution in [1.29, 1.82) is 0 Å². The van der Waals surface area contributed by atoms with Gasteiger partial charge in [0.2, 0.25) is 0 Å². The van der Waals surface area contributed by atoms with Crippen LogP contribution >= 0.6 is 11.8 Å². The molecule has 0 aromatic heterocycles. The van der Waals surface area contributed by atoms with Crippen LogP contribution in [0.1, 0.15) is 19.4 Å². The molecule has 0 aliphatic carbocycles. The molecule has 1 fully saturated rings. The van der Waals surface area contributed by atoms with Gasteiger partial charge in [0.1, 0.15) is 0 Å². The molecular weight excluding hydrogens is 310 g/mol. The van der Waals surface area contributed by atoms with Gasteiger partial charge < -0.3 is 19.7 Å². The molecule has 1 heterocycles. The number of benzene rings is 1. The van der Waals surface area contributed by atoms with Crippen LogP contribution < -0.4 is 14.8 Å². The molecule has 0 bridgehead atoms. The first-order valence-electron chi connectivity index (χ1n) is 7.80. The minimum absolute atomic E-state index is 0.253. The van der Waals surface area contributed by atoms with Gasteiger partial charge in [0.25, 0.3) is 0 Å². The Morgan fingerprint density at radius 1 is 1.35 bits per heavy atom. The van der Waals surface area contributed by atoms with E-state index in [2.05, 4.69) is 29.1 Å². The number of para-hydroxylation sites is 1. The topological polar surface area (TPSA) is 46.1 Å². The molecule has 6 heteroatoms. The maximum Gasteiger partial charge on any atom is 0.193 e. The number of nitrogens with one attached hydrogen (secondary N) is 1. The van der Waals surface area contributed by atoms with E-state index in [1.54, 1.807) is 14.2 Å². The molecule has 1 N–H and O–H groups in total. The summed E-state index contributed by atoms with van der Waals surface area (Å²) in [5.74, 6) is 3.57. The van der Waals surface area contributed by atoms with Crippen molar-refractivity contribution < 1.29 is 9.47 Å². The molecule has 128 valence electrons. The highest BCUT2D eigenvalue weighted by molar-refractivity contribution is 8.00. The fraction of sp³-hybridized carbons (Fsp3) is 0.588. The predicted octanol–water partition coefficient (Wildman–Crippen LogP) is 2.61.